The minimum Gasteiger partial charge on any atom is -0.459 e. The number of furan rings is 1. The fraction of sp³-hybridized carbons (Fsp3) is 0.214. The maximum Gasteiger partial charge on any atom is 0.291 e. The molecular weight excluding hydrogens is 228 g/mol. The summed E-state index contributed by atoms with van der Waals surface area (Å²) in [7, 11) is 0. The van der Waals surface area contributed by atoms with Gasteiger partial charge in [-0.3, -0.25) is 4.79 Å². The van der Waals surface area contributed by atoms with Gasteiger partial charge in [0.15, 0.2) is 5.76 Å². The van der Waals surface area contributed by atoms with Crippen LogP contribution < -0.4 is 11.1 Å². The summed E-state index contributed by atoms with van der Waals surface area (Å²) in [6.45, 7) is 0.691. The van der Waals surface area contributed by atoms with E-state index in [0.29, 0.717) is 12.3 Å². The SMILES string of the molecule is NCCCc1ccc(NC(=O)c2ccco2)cc1. The van der Waals surface area contributed by atoms with Crippen molar-refractivity contribution < 1.29 is 9.21 Å². The van der Waals surface area contributed by atoms with Gasteiger partial charge in [0.05, 0.1) is 6.26 Å². The van der Waals surface area contributed by atoms with Crippen molar-refractivity contribution in [1.29, 1.82) is 0 Å². The average Bonchev–Trinajstić information content (AvgIpc) is 2.92. The monoisotopic (exact) mass is 244 g/mol. The van der Waals surface area contributed by atoms with Crippen LogP contribution in [0.25, 0.3) is 0 Å². The zero-order chi connectivity index (χ0) is 12.8. The van der Waals surface area contributed by atoms with Crippen LogP contribution in [0.1, 0.15) is 22.5 Å². The van der Waals surface area contributed by atoms with E-state index in [2.05, 4.69) is 5.32 Å². The third-order valence-corrected chi connectivity index (χ3v) is 2.63. The third-order valence-electron chi connectivity index (χ3n) is 2.63. The first-order chi connectivity index (χ1) is 8.79. The van der Waals surface area contributed by atoms with Crippen LogP contribution in [0.5, 0.6) is 0 Å². The van der Waals surface area contributed by atoms with Crippen LogP contribution in [0.3, 0.4) is 0 Å². The van der Waals surface area contributed by atoms with E-state index in [-0.39, 0.29) is 5.91 Å². The molecule has 0 radical (unpaired) electrons. The predicted octanol–water partition coefficient (Wildman–Crippen LogP) is 2.42. The van der Waals surface area contributed by atoms with E-state index in [0.717, 1.165) is 18.5 Å². The highest BCUT2D eigenvalue weighted by molar-refractivity contribution is 6.02. The van der Waals surface area contributed by atoms with Crippen LogP contribution in [0.2, 0.25) is 0 Å². The molecule has 1 amide bonds. The Hall–Kier alpha value is -2.07. The quantitative estimate of drug-likeness (QED) is 0.848. The van der Waals surface area contributed by atoms with Crippen molar-refractivity contribution in [2.75, 3.05) is 11.9 Å². The molecule has 2 rings (SSSR count). The summed E-state index contributed by atoms with van der Waals surface area (Å²) < 4.78 is 5.02. The van der Waals surface area contributed by atoms with Gasteiger partial charge in [0.1, 0.15) is 0 Å². The summed E-state index contributed by atoms with van der Waals surface area (Å²) in [6.07, 6.45) is 3.41. The summed E-state index contributed by atoms with van der Waals surface area (Å²) in [5, 5.41) is 2.77. The number of benzene rings is 1. The maximum absolute atomic E-state index is 11.7. The van der Waals surface area contributed by atoms with Crippen LogP contribution >= 0.6 is 0 Å². The fourth-order valence-electron chi connectivity index (χ4n) is 1.66. The van der Waals surface area contributed by atoms with Crippen molar-refractivity contribution in [3.05, 3.63) is 54.0 Å². The lowest BCUT2D eigenvalue weighted by molar-refractivity contribution is 0.0996. The number of anilines is 1. The van der Waals surface area contributed by atoms with Crippen LogP contribution in [0, 0.1) is 0 Å². The van der Waals surface area contributed by atoms with Crippen molar-refractivity contribution in [3.63, 3.8) is 0 Å². The number of rotatable bonds is 5. The van der Waals surface area contributed by atoms with Crippen molar-refractivity contribution in [2.45, 2.75) is 12.8 Å². The van der Waals surface area contributed by atoms with Gasteiger partial charge in [0.2, 0.25) is 0 Å². The van der Waals surface area contributed by atoms with E-state index < -0.39 is 0 Å². The second-order valence-corrected chi connectivity index (χ2v) is 4.02. The summed E-state index contributed by atoms with van der Waals surface area (Å²) >= 11 is 0. The van der Waals surface area contributed by atoms with E-state index >= 15 is 0 Å². The Bertz CT molecular complexity index is 489. The standard InChI is InChI=1S/C14H16N2O2/c15-9-1-3-11-5-7-12(8-6-11)16-14(17)13-4-2-10-18-13/h2,4-8,10H,1,3,9,15H2,(H,16,17). The minimum absolute atomic E-state index is 0.241. The normalized spacial score (nSPS) is 10.3. The zero-order valence-corrected chi connectivity index (χ0v) is 10.1. The molecule has 3 N–H and O–H groups in total. The molecule has 4 heteroatoms. The van der Waals surface area contributed by atoms with E-state index in [9.17, 15) is 4.79 Å². The molecule has 1 aromatic carbocycles. The second kappa shape index (κ2) is 6.02. The number of hydrogen-bond donors (Lipinski definition) is 2. The molecule has 0 unspecified atom stereocenters. The Morgan fingerprint density at radius 1 is 1.22 bits per heavy atom. The van der Waals surface area contributed by atoms with E-state index in [1.807, 2.05) is 24.3 Å². The second-order valence-electron chi connectivity index (χ2n) is 4.02. The summed E-state index contributed by atoms with van der Waals surface area (Å²) in [4.78, 5) is 11.7. The molecule has 18 heavy (non-hydrogen) atoms. The van der Waals surface area contributed by atoms with Gasteiger partial charge in [0, 0.05) is 5.69 Å². The van der Waals surface area contributed by atoms with Crippen molar-refractivity contribution >= 4 is 11.6 Å². The smallest absolute Gasteiger partial charge is 0.291 e. The van der Waals surface area contributed by atoms with Gasteiger partial charge in [-0.25, -0.2) is 0 Å². The van der Waals surface area contributed by atoms with E-state index in [1.54, 1.807) is 12.1 Å². The molecule has 0 bridgehead atoms. The Morgan fingerprint density at radius 2 is 2.00 bits per heavy atom. The van der Waals surface area contributed by atoms with E-state index in [1.165, 1.54) is 11.8 Å². The number of amides is 1. The largest absolute Gasteiger partial charge is 0.459 e. The number of nitrogens with one attached hydrogen (secondary N) is 1. The average molecular weight is 244 g/mol. The van der Waals surface area contributed by atoms with Crippen LogP contribution in [-0.4, -0.2) is 12.5 Å². The Morgan fingerprint density at radius 3 is 2.61 bits per heavy atom. The minimum atomic E-state index is -0.241. The van der Waals surface area contributed by atoms with Crippen molar-refractivity contribution in [3.8, 4) is 0 Å². The number of hydrogen-bond acceptors (Lipinski definition) is 3. The van der Waals surface area contributed by atoms with E-state index in [4.69, 9.17) is 10.2 Å². The fourth-order valence-corrected chi connectivity index (χ4v) is 1.66. The van der Waals surface area contributed by atoms with Crippen LogP contribution in [0.4, 0.5) is 5.69 Å². The first kappa shape index (κ1) is 12.4. The van der Waals surface area contributed by atoms with Crippen molar-refractivity contribution in [2.24, 2.45) is 5.73 Å². The molecule has 0 aliphatic rings. The van der Waals surface area contributed by atoms with Crippen LogP contribution in [0.15, 0.2) is 47.1 Å². The summed E-state index contributed by atoms with van der Waals surface area (Å²) in [5.41, 5.74) is 7.44. The first-order valence-corrected chi connectivity index (χ1v) is 5.93. The molecule has 0 fully saturated rings. The number of aryl methyl sites for hydroxylation is 1. The molecule has 4 nitrogen and oxygen atoms in total. The highest BCUT2D eigenvalue weighted by atomic mass is 16.3. The van der Waals surface area contributed by atoms with Gasteiger partial charge < -0.3 is 15.5 Å². The molecule has 0 aliphatic heterocycles. The summed E-state index contributed by atoms with van der Waals surface area (Å²) in [5.74, 6) is 0.0666. The predicted molar refractivity (Wildman–Crippen MR) is 70.5 cm³/mol. The first-order valence-electron chi connectivity index (χ1n) is 5.93. The lowest BCUT2D eigenvalue weighted by Crippen LogP contribution is -2.10. The highest BCUT2D eigenvalue weighted by Crippen LogP contribution is 2.12. The lowest BCUT2D eigenvalue weighted by atomic mass is 10.1. The molecule has 94 valence electrons. The Balaban J connectivity index is 1.96. The molecule has 2 aromatic rings. The molecule has 0 saturated carbocycles. The van der Waals surface area contributed by atoms with Gasteiger partial charge in [-0.1, -0.05) is 12.1 Å². The molecule has 0 aliphatic carbocycles. The Labute approximate surface area is 106 Å². The molecule has 0 spiro atoms. The summed E-state index contributed by atoms with van der Waals surface area (Å²) in [6, 6.07) is 11.1. The van der Waals surface area contributed by atoms with Gasteiger partial charge >= 0.3 is 0 Å². The third kappa shape index (κ3) is 3.21. The van der Waals surface area contributed by atoms with Crippen LogP contribution in [-0.2, 0) is 6.42 Å². The highest BCUT2D eigenvalue weighted by Gasteiger charge is 2.08. The zero-order valence-electron chi connectivity index (χ0n) is 10.1. The molecule has 0 saturated heterocycles. The number of carbonyl (C=O) groups excluding carboxylic acids is 1. The van der Waals surface area contributed by atoms with Gasteiger partial charge in [-0.15, -0.1) is 0 Å². The molecular formula is C14H16N2O2. The number of nitrogens with two attached hydrogens (primary N) is 1. The lowest BCUT2D eigenvalue weighted by Gasteiger charge is -2.05. The van der Waals surface area contributed by atoms with Gasteiger partial charge in [0.25, 0.3) is 5.91 Å². The topological polar surface area (TPSA) is 68.3 Å². The Kier molecular flexibility index (Phi) is 4.15. The molecule has 1 aromatic heterocycles. The molecule has 1 heterocycles. The van der Waals surface area contributed by atoms with Gasteiger partial charge in [-0.2, -0.15) is 0 Å². The van der Waals surface area contributed by atoms with Gasteiger partial charge in [-0.05, 0) is 49.2 Å². The number of carbonyl (C=O) groups is 1. The molecule has 0 atom stereocenters. The van der Waals surface area contributed by atoms with Crippen molar-refractivity contribution in [1.82, 2.24) is 0 Å². The maximum atomic E-state index is 11.7.